The lowest BCUT2D eigenvalue weighted by Crippen LogP contribution is -2.21. The molecule has 0 amide bonds. The second-order valence-electron chi connectivity index (χ2n) is 5.57. The molecule has 0 aliphatic heterocycles. The van der Waals surface area contributed by atoms with Crippen LogP contribution in [0.2, 0.25) is 0 Å². The first-order chi connectivity index (χ1) is 9.29. The van der Waals surface area contributed by atoms with Gasteiger partial charge in [0.05, 0.1) is 0 Å². The van der Waals surface area contributed by atoms with Crippen LogP contribution in [0.3, 0.4) is 0 Å². The van der Waals surface area contributed by atoms with Gasteiger partial charge in [-0.25, -0.2) is 0 Å². The number of aromatic nitrogens is 1. The molecule has 1 unspecified atom stereocenters. The minimum absolute atomic E-state index is 0.468. The average molecular weight is 264 g/mol. The van der Waals surface area contributed by atoms with Crippen molar-refractivity contribution in [1.29, 1.82) is 0 Å². The third-order valence-electron chi connectivity index (χ3n) is 3.76. The highest BCUT2D eigenvalue weighted by molar-refractivity contribution is 5.11. The number of hydrogen-bond donors (Lipinski definition) is 1. The predicted molar refractivity (Wildman–Crippen MR) is 84.5 cm³/mol. The summed E-state index contributed by atoms with van der Waals surface area (Å²) in [5, 5.41) is 3.57. The zero-order chi connectivity index (χ0) is 13.9. The molecule has 19 heavy (non-hydrogen) atoms. The quantitative estimate of drug-likeness (QED) is 0.562. The number of nitrogens with one attached hydrogen (secondary N) is 1. The van der Waals surface area contributed by atoms with Crippen molar-refractivity contribution in [2.24, 2.45) is 0 Å². The lowest BCUT2D eigenvalue weighted by Gasteiger charge is -2.17. The van der Waals surface area contributed by atoms with Gasteiger partial charge < -0.3 is 9.88 Å². The molecular weight excluding hydrogens is 232 g/mol. The summed E-state index contributed by atoms with van der Waals surface area (Å²) in [6.45, 7) is 9.03. The van der Waals surface area contributed by atoms with Crippen LogP contribution < -0.4 is 5.32 Å². The molecule has 1 N–H and O–H groups in total. The molecule has 1 rings (SSSR count). The van der Waals surface area contributed by atoms with Crippen LogP contribution >= 0.6 is 0 Å². The molecule has 0 fully saturated rings. The number of nitrogens with zero attached hydrogens (tertiary/aromatic N) is 1. The number of rotatable bonds is 11. The third-order valence-corrected chi connectivity index (χ3v) is 3.76. The van der Waals surface area contributed by atoms with Gasteiger partial charge in [-0.3, -0.25) is 0 Å². The molecule has 0 radical (unpaired) electrons. The van der Waals surface area contributed by atoms with Crippen molar-refractivity contribution in [2.45, 2.75) is 78.3 Å². The molecule has 0 aliphatic carbocycles. The normalized spacial score (nSPS) is 12.8. The fourth-order valence-electron chi connectivity index (χ4n) is 2.55. The lowest BCUT2D eigenvalue weighted by atomic mass is 10.1. The van der Waals surface area contributed by atoms with E-state index in [-0.39, 0.29) is 0 Å². The molecule has 1 aromatic heterocycles. The van der Waals surface area contributed by atoms with Gasteiger partial charge in [-0.2, -0.15) is 0 Å². The van der Waals surface area contributed by atoms with Gasteiger partial charge in [-0.15, -0.1) is 0 Å². The van der Waals surface area contributed by atoms with Crippen molar-refractivity contribution in [2.75, 3.05) is 6.54 Å². The number of aryl methyl sites for hydroxylation is 1. The highest BCUT2D eigenvalue weighted by Crippen LogP contribution is 2.15. The van der Waals surface area contributed by atoms with Gasteiger partial charge in [0, 0.05) is 24.5 Å². The van der Waals surface area contributed by atoms with Crippen LogP contribution in [0, 0.1) is 0 Å². The molecule has 0 aromatic carbocycles. The van der Waals surface area contributed by atoms with Crippen LogP contribution in [0.15, 0.2) is 18.3 Å². The molecule has 0 saturated heterocycles. The van der Waals surface area contributed by atoms with E-state index in [1.165, 1.54) is 57.2 Å². The molecule has 0 saturated carbocycles. The maximum Gasteiger partial charge on any atom is 0.0446 e. The Kier molecular flexibility index (Phi) is 8.64. The summed E-state index contributed by atoms with van der Waals surface area (Å²) in [5.41, 5.74) is 1.43. The van der Waals surface area contributed by atoms with E-state index in [9.17, 15) is 0 Å². The Labute approximate surface area is 119 Å². The minimum Gasteiger partial charge on any atom is -0.350 e. The van der Waals surface area contributed by atoms with E-state index in [1.54, 1.807) is 0 Å². The summed E-state index contributed by atoms with van der Waals surface area (Å²) in [5.74, 6) is 0. The Morgan fingerprint density at radius 3 is 2.53 bits per heavy atom. The molecule has 1 atom stereocenters. The maximum absolute atomic E-state index is 3.57. The minimum atomic E-state index is 0.468. The van der Waals surface area contributed by atoms with E-state index >= 15 is 0 Å². The zero-order valence-corrected chi connectivity index (χ0v) is 13.1. The average Bonchev–Trinajstić information content (AvgIpc) is 2.88. The number of unbranched alkanes of at least 4 members (excludes halogenated alkanes) is 5. The van der Waals surface area contributed by atoms with Crippen molar-refractivity contribution >= 4 is 0 Å². The first-order valence-electron chi connectivity index (χ1n) is 8.18. The van der Waals surface area contributed by atoms with Crippen LogP contribution in [-0.4, -0.2) is 11.1 Å². The van der Waals surface area contributed by atoms with Gasteiger partial charge in [0.1, 0.15) is 0 Å². The molecular formula is C17H32N2. The summed E-state index contributed by atoms with van der Waals surface area (Å²) >= 11 is 0. The van der Waals surface area contributed by atoms with Gasteiger partial charge in [0.2, 0.25) is 0 Å². The molecule has 0 bridgehead atoms. The Bertz CT molecular complexity index is 317. The summed E-state index contributed by atoms with van der Waals surface area (Å²) in [6.07, 6.45) is 11.6. The van der Waals surface area contributed by atoms with Crippen molar-refractivity contribution in [3.05, 3.63) is 24.0 Å². The summed E-state index contributed by atoms with van der Waals surface area (Å²) in [6, 6.07) is 4.90. The van der Waals surface area contributed by atoms with Gasteiger partial charge in [-0.05, 0) is 38.4 Å². The second-order valence-corrected chi connectivity index (χ2v) is 5.57. The van der Waals surface area contributed by atoms with Crippen LogP contribution in [0.4, 0.5) is 0 Å². The molecule has 1 heterocycles. The first kappa shape index (κ1) is 16.3. The Balaban J connectivity index is 2.28. The van der Waals surface area contributed by atoms with Gasteiger partial charge in [0.25, 0.3) is 0 Å². The van der Waals surface area contributed by atoms with Crippen molar-refractivity contribution < 1.29 is 0 Å². The molecule has 2 heteroatoms. The Hall–Kier alpha value is -0.760. The van der Waals surface area contributed by atoms with E-state index < -0.39 is 0 Å². The largest absolute Gasteiger partial charge is 0.350 e. The smallest absolute Gasteiger partial charge is 0.0446 e. The lowest BCUT2D eigenvalue weighted by molar-refractivity contribution is 0.502. The van der Waals surface area contributed by atoms with E-state index in [0.29, 0.717) is 6.04 Å². The van der Waals surface area contributed by atoms with Crippen LogP contribution in [-0.2, 0) is 6.54 Å². The van der Waals surface area contributed by atoms with Crippen LogP contribution in [0.1, 0.15) is 77.5 Å². The summed E-state index contributed by atoms with van der Waals surface area (Å²) in [7, 11) is 0. The van der Waals surface area contributed by atoms with E-state index in [2.05, 4.69) is 49.0 Å². The highest BCUT2D eigenvalue weighted by atomic mass is 15.0. The van der Waals surface area contributed by atoms with Crippen molar-refractivity contribution in [3.63, 3.8) is 0 Å². The zero-order valence-electron chi connectivity index (χ0n) is 13.1. The Morgan fingerprint density at radius 1 is 1.05 bits per heavy atom. The maximum atomic E-state index is 3.57. The highest BCUT2D eigenvalue weighted by Gasteiger charge is 2.08. The SMILES string of the molecule is CCCCCCCCn1cccc1C(C)NCCC. The van der Waals surface area contributed by atoms with Gasteiger partial charge in [-0.1, -0.05) is 46.0 Å². The molecule has 1 aromatic rings. The molecule has 110 valence electrons. The van der Waals surface area contributed by atoms with Crippen molar-refractivity contribution in [1.82, 2.24) is 9.88 Å². The van der Waals surface area contributed by atoms with Gasteiger partial charge >= 0.3 is 0 Å². The number of hydrogen-bond acceptors (Lipinski definition) is 1. The fraction of sp³-hybridized carbons (Fsp3) is 0.765. The summed E-state index contributed by atoms with van der Waals surface area (Å²) < 4.78 is 2.42. The second kappa shape index (κ2) is 10.1. The van der Waals surface area contributed by atoms with Crippen LogP contribution in [0.25, 0.3) is 0 Å². The molecule has 0 aliphatic rings. The Morgan fingerprint density at radius 2 is 1.79 bits per heavy atom. The monoisotopic (exact) mass is 264 g/mol. The fourth-order valence-corrected chi connectivity index (χ4v) is 2.55. The molecule has 0 spiro atoms. The van der Waals surface area contributed by atoms with Crippen molar-refractivity contribution in [3.8, 4) is 0 Å². The molecule has 2 nitrogen and oxygen atoms in total. The topological polar surface area (TPSA) is 17.0 Å². The van der Waals surface area contributed by atoms with E-state index in [4.69, 9.17) is 0 Å². The standard InChI is InChI=1S/C17H32N2/c1-4-6-7-8-9-10-14-19-15-11-12-17(19)16(3)18-13-5-2/h11-12,15-16,18H,4-10,13-14H2,1-3H3. The van der Waals surface area contributed by atoms with Crippen LogP contribution in [0.5, 0.6) is 0 Å². The third kappa shape index (κ3) is 6.29. The van der Waals surface area contributed by atoms with Gasteiger partial charge in [0.15, 0.2) is 0 Å². The van der Waals surface area contributed by atoms with E-state index in [0.717, 1.165) is 6.54 Å². The summed E-state index contributed by atoms with van der Waals surface area (Å²) in [4.78, 5) is 0. The predicted octanol–water partition coefficient (Wildman–Crippen LogP) is 4.91. The van der Waals surface area contributed by atoms with E-state index in [1.807, 2.05) is 0 Å². The first-order valence-corrected chi connectivity index (χ1v) is 8.18.